The van der Waals surface area contributed by atoms with E-state index >= 15 is 0 Å². The van der Waals surface area contributed by atoms with Crippen molar-refractivity contribution >= 4 is 23.1 Å². The number of fused-ring (bicyclic) bond motifs is 1. The first-order valence-electron chi connectivity index (χ1n) is 6.90. The number of carboxylic acid groups (broad SMARTS) is 1. The van der Waals surface area contributed by atoms with Crippen molar-refractivity contribution in [2.45, 2.75) is 19.5 Å². The quantitative estimate of drug-likeness (QED) is 0.722. The maximum atomic E-state index is 10.7. The zero-order chi connectivity index (χ0) is 15.4. The van der Waals surface area contributed by atoms with Crippen LogP contribution in [0, 0.1) is 0 Å². The molecular formula is C15H15N5O2. The van der Waals surface area contributed by atoms with E-state index in [0.717, 1.165) is 5.56 Å². The van der Waals surface area contributed by atoms with Gasteiger partial charge >= 0.3 is 5.97 Å². The number of hydrogen-bond acceptors (Lipinski definition) is 5. The molecule has 0 amide bonds. The molecule has 22 heavy (non-hydrogen) atoms. The van der Waals surface area contributed by atoms with Crippen LogP contribution in [0.2, 0.25) is 0 Å². The van der Waals surface area contributed by atoms with Crippen LogP contribution in [0.1, 0.15) is 12.0 Å². The van der Waals surface area contributed by atoms with Crippen molar-refractivity contribution in [3.63, 3.8) is 0 Å². The third-order valence-corrected chi connectivity index (χ3v) is 3.22. The van der Waals surface area contributed by atoms with Gasteiger partial charge in [-0.2, -0.15) is 4.98 Å². The Morgan fingerprint density at radius 2 is 2.05 bits per heavy atom. The van der Waals surface area contributed by atoms with Crippen molar-refractivity contribution in [2.75, 3.05) is 5.32 Å². The van der Waals surface area contributed by atoms with Gasteiger partial charge in [-0.3, -0.25) is 4.79 Å². The number of anilines is 1. The number of aromatic nitrogens is 4. The standard InChI is InChI=1S/C15H15N5O2/c21-13(22)6-7-20-10-18-12-9-17-15(19-14(12)20)16-8-11-4-2-1-3-5-11/h1-5,9-10H,6-8H2,(H,21,22)(H,16,17,19). The third-order valence-electron chi connectivity index (χ3n) is 3.22. The van der Waals surface area contributed by atoms with Crippen LogP contribution in [0.5, 0.6) is 0 Å². The largest absolute Gasteiger partial charge is 0.481 e. The average Bonchev–Trinajstić information content (AvgIpc) is 2.94. The van der Waals surface area contributed by atoms with E-state index in [1.54, 1.807) is 17.1 Å². The number of benzene rings is 1. The van der Waals surface area contributed by atoms with Crippen molar-refractivity contribution in [3.8, 4) is 0 Å². The smallest absolute Gasteiger partial charge is 0.305 e. The van der Waals surface area contributed by atoms with E-state index in [4.69, 9.17) is 5.11 Å². The Morgan fingerprint density at radius 1 is 1.23 bits per heavy atom. The molecule has 0 atom stereocenters. The van der Waals surface area contributed by atoms with Crippen LogP contribution < -0.4 is 5.32 Å². The van der Waals surface area contributed by atoms with Crippen molar-refractivity contribution < 1.29 is 9.90 Å². The lowest BCUT2D eigenvalue weighted by atomic mass is 10.2. The molecule has 3 rings (SSSR count). The van der Waals surface area contributed by atoms with E-state index in [-0.39, 0.29) is 6.42 Å². The van der Waals surface area contributed by atoms with Gasteiger partial charge in [-0.1, -0.05) is 30.3 Å². The maximum Gasteiger partial charge on any atom is 0.305 e. The topological polar surface area (TPSA) is 92.9 Å². The molecule has 0 spiro atoms. The highest BCUT2D eigenvalue weighted by Gasteiger charge is 2.08. The molecule has 2 heterocycles. The van der Waals surface area contributed by atoms with Crippen LogP contribution >= 0.6 is 0 Å². The van der Waals surface area contributed by atoms with Crippen molar-refractivity contribution in [1.29, 1.82) is 0 Å². The molecule has 0 bridgehead atoms. The molecule has 0 aliphatic heterocycles. The van der Waals surface area contributed by atoms with Crippen LogP contribution in [-0.2, 0) is 17.9 Å². The first kappa shape index (κ1) is 14.0. The van der Waals surface area contributed by atoms with Crippen LogP contribution in [0.25, 0.3) is 11.2 Å². The van der Waals surface area contributed by atoms with E-state index in [9.17, 15) is 4.79 Å². The minimum Gasteiger partial charge on any atom is -0.481 e. The van der Waals surface area contributed by atoms with Crippen molar-refractivity contribution in [2.24, 2.45) is 0 Å². The Balaban J connectivity index is 1.76. The molecule has 7 heteroatoms. The summed E-state index contributed by atoms with van der Waals surface area (Å²) in [6, 6.07) is 9.95. The summed E-state index contributed by atoms with van der Waals surface area (Å²) in [6.07, 6.45) is 3.25. The van der Waals surface area contributed by atoms with Crippen molar-refractivity contribution in [1.82, 2.24) is 19.5 Å². The molecule has 0 fully saturated rings. The fraction of sp³-hybridized carbons (Fsp3) is 0.200. The second-order valence-corrected chi connectivity index (χ2v) is 4.82. The number of aryl methyl sites for hydroxylation is 1. The van der Waals surface area contributed by atoms with Gasteiger partial charge in [-0.25, -0.2) is 9.97 Å². The normalized spacial score (nSPS) is 10.7. The SMILES string of the molecule is O=C(O)CCn1cnc2cnc(NCc3ccccc3)nc21. The number of nitrogens with one attached hydrogen (secondary N) is 1. The molecule has 2 aromatic heterocycles. The zero-order valence-corrected chi connectivity index (χ0v) is 11.8. The molecule has 7 nitrogen and oxygen atoms in total. The number of hydrogen-bond donors (Lipinski definition) is 2. The molecule has 2 N–H and O–H groups in total. The predicted octanol–water partition coefficient (Wildman–Crippen LogP) is 1.91. The van der Waals surface area contributed by atoms with Crippen LogP contribution in [0.15, 0.2) is 42.9 Å². The summed E-state index contributed by atoms with van der Waals surface area (Å²) in [4.78, 5) is 23.5. The molecular weight excluding hydrogens is 282 g/mol. The monoisotopic (exact) mass is 297 g/mol. The molecule has 112 valence electrons. The van der Waals surface area contributed by atoms with Gasteiger partial charge in [0.1, 0.15) is 5.52 Å². The number of carbonyl (C=O) groups is 1. The second-order valence-electron chi connectivity index (χ2n) is 4.82. The highest BCUT2D eigenvalue weighted by Crippen LogP contribution is 2.12. The van der Waals surface area contributed by atoms with E-state index in [2.05, 4.69) is 20.3 Å². The van der Waals surface area contributed by atoms with Crippen molar-refractivity contribution in [3.05, 3.63) is 48.4 Å². The minimum atomic E-state index is -0.849. The highest BCUT2D eigenvalue weighted by atomic mass is 16.4. The number of nitrogens with zero attached hydrogens (tertiary/aromatic N) is 4. The molecule has 0 saturated carbocycles. The van der Waals surface area contributed by atoms with Gasteiger partial charge in [0, 0.05) is 13.1 Å². The number of aliphatic carboxylic acids is 1. The van der Waals surface area contributed by atoms with Gasteiger partial charge in [0.25, 0.3) is 0 Å². The van der Waals surface area contributed by atoms with E-state index in [1.165, 1.54) is 0 Å². The van der Waals surface area contributed by atoms with Gasteiger partial charge < -0.3 is 15.0 Å². The number of rotatable bonds is 6. The molecule has 1 aromatic carbocycles. The maximum absolute atomic E-state index is 10.7. The van der Waals surface area contributed by atoms with Crippen LogP contribution in [0.3, 0.4) is 0 Å². The second kappa shape index (κ2) is 6.21. The fourth-order valence-corrected chi connectivity index (χ4v) is 2.10. The number of imidazole rings is 1. The first-order valence-corrected chi connectivity index (χ1v) is 6.90. The summed E-state index contributed by atoms with van der Waals surface area (Å²) < 4.78 is 1.72. The lowest BCUT2D eigenvalue weighted by molar-refractivity contribution is -0.137. The zero-order valence-electron chi connectivity index (χ0n) is 11.8. The van der Waals surface area contributed by atoms with E-state index < -0.39 is 5.97 Å². The molecule has 0 saturated heterocycles. The Labute approximate surface area is 126 Å². The summed E-state index contributed by atoms with van der Waals surface area (Å²) in [5, 5.41) is 11.9. The number of carboxylic acids is 1. The Bertz CT molecular complexity index is 785. The van der Waals surface area contributed by atoms with Gasteiger partial charge in [-0.15, -0.1) is 0 Å². The summed E-state index contributed by atoms with van der Waals surface area (Å²) in [5.74, 6) is -0.355. The molecule has 3 aromatic rings. The molecule has 0 unspecified atom stereocenters. The lowest BCUT2D eigenvalue weighted by Crippen LogP contribution is -2.06. The summed E-state index contributed by atoms with van der Waals surface area (Å²) in [6.45, 7) is 0.955. The molecule has 0 radical (unpaired) electrons. The predicted molar refractivity (Wildman–Crippen MR) is 81.3 cm³/mol. The summed E-state index contributed by atoms with van der Waals surface area (Å²) in [7, 11) is 0. The first-order chi connectivity index (χ1) is 10.7. The van der Waals surface area contributed by atoms with Gasteiger partial charge in [0.15, 0.2) is 5.65 Å². The van der Waals surface area contributed by atoms with E-state index in [0.29, 0.717) is 30.2 Å². The summed E-state index contributed by atoms with van der Waals surface area (Å²) in [5.41, 5.74) is 2.41. The van der Waals surface area contributed by atoms with Gasteiger partial charge in [0.2, 0.25) is 5.95 Å². The lowest BCUT2D eigenvalue weighted by Gasteiger charge is -2.06. The van der Waals surface area contributed by atoms with E-state index in [1.807, 2.05) is 30.3 Å². The molecule has 0 aliphatic carbocycles. The fourth-order valence-electron chi connectivity index (χ4n) is 2.10. The van der Waals surface area contributed by atoms with Crippen LogP contribution in [0.4, 0.5) is 5.95 Å². The minimum absolute atomic E-state index is 0.0300. The Kier molecular flexibility index (Phi) is 3.95. The van der Waals surface area contributed by atoms with Gasteiger partial charge in [0.05, 0.1) is 18.9 Å². The Hall–Kier alpha value is -2.96. The van der Waals surface area contributed by atoms with Gasteiger partial charge in [-0.05, 0) is 5.56 Å². The van der Waals surface area contributed by atoms with Crippen LogP contribution in [-0.4, -0.2) is 30.6 Å². The third kappa shape index (κ3) is 3.20. The molecule has 0 aliphatic rings. The summed E-state index contributed by atoms with van der Waals surface area (Å²) >= 11 is 0. The average molecular weight is 297 g/mol. The Morgan fingerprint density at radius 3 is 2.82 bits per heavy atom. The highest BCUT2D eigenvalue weighted by molar-refractivity contribution is 5.71.